The molecule has 0 saturated heterocycles. The van der Waals surface area contributed by atoms with E-state index in [1.54, 1.807) is 0 Å². The molecular weight excluding hydrogens is 448 g/mol. The van der Waals surface area contributed by atoms with Crippen molar-refractivity contribution >= 4 is 23.7 Å². The Morgan fingerprint density at radius 2 is 1.18 bits per heavy atom. The molecule has 0 aromatic carbocycles. The molecule has 10 heteroatoms. The lowest BCUT2D eigenvalue weighted by molar-refractivity contribution is -0.225. The Morgan fingerprint density at radius 1 is 0.735 bits per heavy atom. The van der Waals surface area contributed by atoms with Gasteiger partial charge in [-0.15, -0.1) is 0 Å². The third kappa shape index (κ3) is 12.0. The van der Waals surface area contributed by atoms with Gasteiger partial charge < -0.3 is 29.9 Å². The van der Waals surface area contributed by atoms with Crippen molar-refractivity contribution in [3.8, 4) is 0 Å². The summed E-state index contributed by atoms with van der Waals surface area (Å²) in [4.78, 5) is 48.7. The fraction of sp³-hybridized carbons (Fsp3) is 0.833. The summed E-state index contributed by atoms with van der Waals surface area (Å²) in [5.74, 6) is -5.68. The molecular formula is C24H42O10. The smallest absolute Gasteiger partial charge is 0.360 e. The number of rotatable bonds is 20. The van der Waals surface area contributed by atoms with E-state index in [-0.39, 0.29) is 12.8 Å². The number of aliphatic hydroxyl groups is 4. The van der Waals surface area contributed by atoms with Crippen molar-refractivity contribution in [2.75, 3.05) is 6.61 Å². The maximum absolute atomic E-state index is 12.4. The Bertz CT molecular complexity index is 621. The Balaban J connectivity index is 4.96. The Morgan fingerprint density at radius 3 is 1.65 bits per heavy atom. The highest BCUT2D eigenvalue weighted by Gasteiger charge is 2.56. The zero-order valence-corrected chi connectivity index (χ0v) is 20.5. The molecule has 10 nitrogen and oxygen atoms in total. The predicted octanol–water partition coefficient (Wildman–Crippen LogP) is 2.07. The van der Waals surface area contributed by atoms with E-state index in [1.165, 1.54) is 0 Å². The van der Waals surface area contributed by atoms with Crippen LogP contribution in [-0.2, 0) is 28.7 Å². The van der Waals surface area contributed by atoms with E-state index >= 15 is 0 Å². The van der Waals surface area contributed by atoms with Crippen LogP contribution >= 0.6 is 0 Å². The maximum Gasteiger partial charge on any atom is 0.360 e. The standard InChI is InChI=1S/C24H42O10/c1-3-5-7-9-10-12-14-16-20(28)34-23(31)24(32,21(29)18(26)17-25)22(30)33-19(27)15-13-11-8-6-4-2/h18,23,25-26,31-32H,3-17H2,1-2H3. The van der Waals surface area contributed by atoms with Gasteiger partial charge in [0.25, 0.3) is 5.60 Å². The van der Waals surface area contributed by atoms with Crippen molar-refractivity contribution in [1.82, 2.24) is 0 Å². The van der Waals surface area contributed by atoms with E-state index in [0.29, 0.717) is 19.3 Å². The molecule has 0 saturated carbocycles. The number of ether oxygens (including phenoxy) is 2. The van der Waals surface area contributed by atoms with Gasteiger partial charge in [-0.05, 0) is 12.8 Å². The van der Waals surface area contributed by atoms with Crippen LogP contribution < -0.4 is 0 Å². The van der Waals surface area contributed by atoms with E-state index in [9.17, 15) is 34.5 Å². The van der Waals surface area contributed by atoms with Gasteiger partial charge in [0.2, 0.25) is 12.1 Å². The first-order valence-electron chi connectivity index (χ1n) is 12.3. The van der Waals surface area contributed by atoms with E-state index in [1.807, 2.05) is 6.92 Å². The van der Waals surface area contributed by atoms with Crippen LogP contribution in [0.4, 0.5) is 0 Å². The molecule has 198 valence electrons. The fourth-order valence-electron chi connectivity index (χ4n) is 3.26. The zero-order valence-electron chi connectivity index (χ0n) is 20.5. The molecule has 0 fully saturated rings. The average Bonchev–Trinajstić information content (AvgIpc) is 2.81. The first-order chi connectivity index (χ1) is 16.1. The van der Waals surface area contributed by atoms with Crippen LogP contribution in [0.25, 0.3) is 0 Å². The second-order valence-electron chi connectivity index (χ2n) is 8.47. The second kappa shape index (κ2) is 18.4. The molecule has 0 aromatic heterocycles. The van der Waals surface area contributed by atoms with Gasteiger partial charge in [-0.2, -0.15) is 0 Å². The van der Waals surface area contributed by atoms with E-state index in [0.717, 1.165) is 57.8 Å². The summed E-state index contributed by atoms with van der Waals surface area (Å²) in [5, 5.41) is 39.4. The largest absolute Gasteiger partial charge is 0.431 e. The molecule has 0 amide bonds. The molecule has 0 rings (SSSR count). The predicted molar refractivity (Wildman–Crippen MR) is 122 cm³/mol. The lowest BCUT2D eigenvalue weighted by Gasteiger charge is -2.29. The number of carbonyl (C=O) groups is 4. The maximum atomic E-state index is 12.4. The Labute approximate surface area is 201 Å². The molecule has 3 atom stereocenters. The van der Waals surface area contributed by atoms with Crippen molar-refractivity contribution in [3.05, 3.63) is 0 Å². The van der Waals surface area contributed by atoms with Crippen LogP contribution in [0.5, 0.6) is 0 Å². The highest BCUT2D eigenvalue weighted by Crippen LogP contribution is 2.21. The number of hydrogen-bond donors (Lipinski definition) is 4. The number of Topliss-reactive ketones (excluding diaryl/α,β-unsaturated/α-hetero) is 1. The average molecular weight is 491 g/mol. The second-order valence-corrected chi connectivity index (χ2v) is 8.47. The zero-order chi connectivity index (χ0) is 26.0. The van der Waals surface area contributed by atoms with Crippen molar-refractivity contribution in [3.63, 3.8) is 0 Å². The SMILES string of the molecule is CCCCCCCCCC(=O)OC(O)C(O)(C(=O)OC(=O)CCCCCCC)C(=O)C(O)CO. The van der Waals surface area contributed by atoms with Crippen molar-refractivity contribution in [2.24, 2.45) is 0 Å². The van der Waals surface area contributed by atoms with E-state index in [2.05, 4.69) is 16.4 Å². The lowest BCUT2D eigenvalue weighted by Crippen LogP contribution is -2.61. The van der Waals surface area contributed by atoms with E-state index < -0.39 is 48.3 Å². The van der Waals surface area contributed by atoms with Gasteiger partial charge in [0, 0.05) is 12.8 Å². The molecule has 0 radical (unpaired) electrons. The first kappa shape index (κ1) is 32.1. The molecule has 34 heavy (non-hydrogen) atoms. The highest BCUT2D eigenvalue weighted by molar-refractivity contribution is 6.11. The normalized spacial score (nSPS) is 14.6. The van der Waals surface area contributed by atoms with Crippen molar-refractivity contribution < 1.29 is 49.1 Å². The summed E-state index contributed by atoms with van der Waals surface area (Å²) in [6, 6.07) is 0. The molecule has 0 heterocycles. The topological polar surface area (TPSA) is 168 Å². The minimum absolute atomic E-state index is 0.136. The van der Waals surface area contributed by atoms with Gasteiger partial charge >= 0.3 is 17.9 Å². The van der Waals surface area contributed by atoms with Gasteiger partial charge in [-0.1, -0.05) is 78.1 Å². The number of esters is 3. The number of ketones is 1. The summed E-state index contributed by atoms with van der Waals surface area (Å²) >= 11 is 0. The van der Waals surface area contributed by atoms with Crippen LogP contribution in [-0.4, -0.2) is 68.7 Å². The monoisotopic (exact) mass is 490 g/mol. The number of unbranched alkanes of at least 4 members (excludes halogenated alkanes) is 10. The van der Waals surface area contributed by atoms with Gasteiger partial charge in [0.15, 0.2) is 0 Å². The van der Waals surface area contributed by atoms with Gasteiger partial charge in [0.1, 0.15) is 6.10 Å². The van der Waals surface area contributed by atoms with Crippen LogP contribution in [0.15, 0.2) is 0 Å². The molecule has 0 spiro atoms. The quantitative estimate of drug-likeness (QED) is 0.0858. The first-order valence-corrected chi connectivity index (χ1v) is 12.3. The summed E-state index contributed by atoms with van der Waals surface area (Å²) < 4.78 is 9.14. The van der Waals surface area contributed by atoms with Gasteiger partial charge in [-0.25, -0.2) is 4.79 Å². The third-order valence-corrected chi connectivity index (χ3v) is 5.44. The molecule has 0 aliphatic carbocycles. The summed E-state index contributed by atoms with van der Waals surface area (Å²) in [6.07, 6.45) is 5.13. The fourth-order valence-corrected chi connectivity index (χ4v) is 3.26. The summed E-state index contributed by atoms with van der Waals surface area (Å²) in [6.45, 7) is 2.95. The Hall–Kier alpha value is -1.88. The number of carbonyl (C=O) groups excluding carboxylic acids is 4. The Kier molecular flexibility index (Phi) is 17.4. The minimum atomic E-state index is -3.57. The lowest BCUT2D eigenvalue weighted by atomic mass is 9.93. The highest BCUT2D eigenvalue weighted by atomic mass is 16.7. The van der Waals surface area contributed by atoms with Gasteiger partial charge in [0.05, 0.1) is 6.61 Å². The molecule has 0 bridgehead atoms. The van der Waals surface area contributed by atoms with Crippen LogP contribution in [0.3, 0.4) is 0 Å². The van der Waals surface area contributed by atoms with Gasteiger partial charge in [-0.3, -0.25) is 14.4 Å². The number of aliphatic hydroxyl groups excluding tert-OH is 3. The van der Waals surface area contributed by atoms with Crippen LogP contribution in [0.2, 0.25) is 0 Å². The van der Waals surface area contributed by atoms with Crippen molar-refractivity contribution in [2.45, 2.75) is 122 Å². The molecule has 0 aliphatic heterocycles. The van der Waals surface area contributed by atoms with E-state index in [4.69, 9.17) is 5.11 Å². The van der Waals surface area contributed by atoms with Crippen molar-refractivity contribution in [1.29, 1.82) is 0 Å². The summed E-state index contributed by atoms with van der Waals surface area (Å²) in [7, 11) is 0. The summed E-state index contributed by atoms with van der Waals surface area (Å²) in [5.41, 5.74) is -3.57. The van der Waals surface area contributed by atoms with Crippen LogP contribution in [0.1, 0.15) is 104 Å². The third-order valence-electron chi connectivity index (χ3n) is 5.44. The van der Waals surface area contributed by atoms with Crippen LogP contribution in [0, 0.1) is 0 Å². The molecule has 3 unspecified atom stereocenters. The minimum Gasteiger partial charge on any atom is -0.431 e. The number of hydrogen-bond acceptors (Lipinski definition) is 10. The molecule has 0 aliphatic rings. The molecule has 4 N–H and O–H groups in total. The molecule has 0 aromatic rings.